The van der Waals surface area contributed by atoms with Crippen molar-refractivity contribution < 1.29 is 17.9 Å². The molecule has 0 aliphatic heterocycles. The normalized spacial score (nSPS) is 12.5. The Morgan fingerprint density at radius 1 is 1.20 bits per heavy atom. The van der Waals surface area contributed by atoms with Gasteiger partial charge in [0.15, 0.2) is 0 Å². The zero-order chi connectivity index (χ0) is 18.6. The van der Waals surface area contributed by atoms with Gasteiger partial charge in [0.25, 0.3) is 0 Å². The van der Waals surface area contributed by atoms with Gasteiger partial charge < -0.3 is 10.1 Å². The Morgan fingerprint density at radius 2 is 1.92 bits per heavy atom. The number of hydrogen-bond donors (Lipinski definition) is 2. The lowest BCUT2D eigenvalue weighted by molar-refractivity contribution is -0.114. The first-order valence-corrected chi connectivity index (χ1v) is 9.32. The number of amides is 1. The van der Waals surface area contributed by atoms with E-state index in [9.17, 15) is 13.2 Å². The number of nitrogens with one attached hydrogen (secondary N) is 2. The molecule has 0 aliphatic carbocycles. The number of halogens is 1. The van der Waals surface area contributed by atoms with E-state index < -0.39 is 16.1 Å². The van der Waals surface area contributed by atoms with Gasteiger partial charge in [-0.3, -0.25) is 4.79 Å². The highest BCUT2D eigenvalue weighted by Gasteiger charge is 2.20. The van der Waals surface area contributed by atoms with Gasteiger partial charge in [-0.1, -0.05) is 23.7 Å². The minimum absolute atomic E-state index is 0.0346. The zero-order valence-electron chi connectivity index (χ0n) is 14.0. The van der Waals surface area contributed by atoms with Gasteiger partial charge in [0.1, 0.15) is 5.75 Å². The smallest absolute Gasteiger partial charge is 0.241 e. The van der Waals surface area contributed by atoms with Crippen molar-refractivity contribution in [3.8, 4) is 5.75 Å². The van der Waals surface area contributed by atoms with Crippen LogP contribution in [0.25, 0.3) is 0 Å². The fourth-order valence-corrected chi connectivity index (χ4v) is 3.72. The Morgan fingerprint density at radius 3 is 2.52 bits per heavy atom. The summed E-state index contributed by atoms with van der Waals surface area (Å²) in [5, 5.41) is 3.11. The lowest BCUT2D eigenvalue weighted by atomic mass is 10.1. The van der Waals surface area contributed by atoms with Crippen LogP contribution in [0.4, 0.5) is 5.69 Å². The molecule has 0 unspecified atom stereocenters. The van der Waals surface area contributed by atoms with E-state index in [0.717, 1.165) is 5.56 Å². The Kier molecular flexibility index (Phi) is 6.05. The van der Waals surface area contributed by atoms with Crippen molar-refractivity contribution >= 4 is 33.2 Å². The van der Waals surface area contributed by atoms with Crippen LogP contribution in [0.15, 0.2) is 47.4 Å². The molecular formula is C17H19ClN2O4S. The molecule has 0 spiro atoms. The van der Waals surface area contributed by atoms with E-state index in [2.05, 4.69) is 10.0 Å². The van der Waals surface area contributed by atoms with Crippen molar-refractivity contribution in [2.24, 2.45) is 0 Å². The molecule has 0 saturated carbocycles. The largest absolute Gasteiger partial charge is 0.495 e. The predicted octanol–water partition coefficient (Wildman–Crippen LogP) is 3.35. The summed E-state index contributed by atoms with van der Waals surface area (Å²) in [5.41, 5.74) is 1.15. The molecule has 6 nitrogen and oxygen atoms in total. The van der Waals surface area contributed by atoms with Crippen molar-refractivity contribution in [3.05, 3.63) is 53.1 Å². The molecule has 2 N–H and O–H groups in total. The van der Waals surface area contributed by atoms with Crippen LogP contribution >= 0.6 is 11.6 Å². The van der Waals surface area contributed by atoms with E-state index in [1.807, 2.05) is 0 Å². The number of rotatable bonds is 6. The minimum atomic E-state index is -3.78. The number of ether oxygens (including phenoxy) is 1. The number of benzene rings is 2. The molecular weight excluding hydrogens is 364 g/mol. The van der Waals surface area contributed by atoms with E-state index in [-0.39, 0.29) is 16.6 Å². The number of carbonyl (C=O) groups is 1. The van der Waals surface area contributed by atoms with Crippen LogP contribution in [0.5, 0.6) is 5.75 Å². The first-order valence-electron chi connectivity index (χ1n) is 7.46. The van der Waals surface area contributed by atoms with Gasteiger partial charge in [0.2, 0.25) is 15.9 Å². The van der Waals surface area contributed by atoms with E-state index in [1.54, 1.807) is 31.2 Å². The monoisotopic (exact) mass is 382 g/mol. The summed E-state index contributed by atoms with van der Waals surface area (Å²) in [5.74, 6) is -0.0184. The summed E-state index contributed by atoms with van der Waals surface area (Å²) in [6, 6.07) is 10.8. The summed E-state index contributed by atoms with van der Waals surface area (Å²) in [4.78, 5) is 11.2. The molecule has 0 aromatic heterocycles. The molecule has 0 heterocycles. The topological polar surface area (TPSA) is 84.5 Å². The van der Waals surface area contributed by atoms with Crippen molar-refractivity contribution in [2.45, 2.75) is 24.8 Å². The van der Waals surface area contributed by atoms with E-state index in [4.69, 9.17) is 16.3 Å². The molecule has 8 heteroatoms. The maximum absolute atomic E-state index is 12.6. The fraction of sp³-hybridized carbons (Fsp3) is 0.235. The summed E-state index contributed by atoms with van der Waals surface area (Å²) in [6.07, 6.45) is 0. The van der Waals surface area contributed by atoms with Crippen LogP contribution < -0.4 is 14.8 Å². The van der Waals surface area contributed by atoms with Crippen LogP contribution in [-0.4, -0.2) is 21.4 Å². The molecule has 0 bridgehead atoms. The molecule has 0 fully saturated rings. The van der Waals surface area contributed by atoms with Gasteiger partial charge in [-0.25, -0.2) is 13.1 Å². The molecule has 134 valence electrons. The average molecular weight is 383 g/mol. The van der Waals surface area contributed by atoms with Gasteiger partial charge in [-0.2, -0.15) is 0 Å². The molecule has 0 radical (unpaired) electrons. The average Bonchev–Trinajstić information content (AvgIpc) is 2.54. The maximum Gasteiger partial charge on any atom is 0.241 e. The first-order chi connectivity index (χ1) is 11.7. The van der Waals surface area contributed by atoms with Gasteiger partial charge in [-0.05, 0) is 36.8 Å². The van der Waals surface area contributed by atoms with Gasteiger partial charge in [0.05, 0.1) is 17.7 Å². The molecule has 2 aromatic rings. The second-order valence-electron chi connectivity index (χ2n) is 5.44. The third-order valence-electron chi connectivity index (χ3n) is 3.47. The standard InChI is InChI=1S/C17H19ClN2O4S/c1-11(13-5-4-6-14(18)9-13)20-25(22,23)15-7-8-16(19-12(2)21)17(10-15)24-3/h4-11,20H,1-3H3,(H,19,21)/t11-/m0/s1. The van der Waals surface area contributed by atoms with Crippen molar-refractivity contribution in [3.63, 3.8) is 0 Å². The third kappa shape index (κ3) is 4.94. The van der Waals surface area contributed by atoms with E-state index in [0.29, 0.717) is 10.7 Å². The van der Waals surface area contributed by atoms with Crippen LogP contribution in [0, 0.1) is 0 Å². The van der Waals surface area contributed by atoms with Crippen molar-refractivity contribution in [1.29, 1.82) is 0 Å². The molecule has 2 aromatic carbocycles. The molecule has 0 aliphatic rings. The van der Waals surface area contributed by atoms with Crippen molar-refractivity contribution in [1.82, 2.24) is 4.72 Å². The van der Waals surface area contributed by atoms with Crippen molar-refractivity contribution in [2.75, 3.05) is 12.4 Å². The highest BCUT2D eigenvalue weighted by molar-refractivity contribution is 7.89. The van der Waals surface area contributed by atoms with Gasteiger partial charge >= 0.3 is 0 Å². The van der Waals surface area contributed by atoms with E-state index in [1.165, 1.54) is 32.2 Å². The van der Waals surface area contributed by atoms with Crippen LogP contribution in [0.2, 0.25) is 5.02 Å². The quantitative estimate of drug-likeness (QED) is 0.802. The number of sulfonamides is 1. The second kappa shape index (κ2) is 7.86. The number of methoxy groups -OCH3 is 1. The lowest BCUT2D eigenvalue weighted by Gasteiger charge is -2.16. The van der Waals surface area contributed by atoms with E-state index >= 15 is 0 Å². The summed E-state index contributed by atoms with van der Waals surface area (Å²) >= 11 is 5.95. The number of hydrogen-bond acceptors (Lipinski definition) is 4. The Hall–Kier alpha value is -2.09. The molecule has 1 atom stereocenters. The predicted molar refractivity (Wildman–Crippen MR) is 97.5 cm³/mol. The van der Waals surface area contributed by atoms with Crippen LogP contribution in [-0.2, 0) is 14.8 Å². The molecule has 25 heavy (non-hydrogen) atoms. The Labute approximate surface area is 152 Å². The first kappa shape index (κ1) is 19.2. The Bertz CT molecular complexity index is 884. The highest BCUT2D eigenvalue weighted by atomic mass is 35.5. The van der Waals surface area contributed by atoms with Crippen LogP contribution in [0.3, 0.4) is 0 Å². The molecule has 0 saturated heterocycles. The number of anilines is 1. The zero-order valence-corrected chi connectivity index (χ0v) is 15.6. The van der Waals surface area contributed by atoms with Gasteiger partial charge in [0, 0.05) is 24.1 Å². The lowest BCUT2D eigenvalue weighted by Crippen LogP contribution is -2.27. The summed E-state index contributed by atoms with van der Waals surface area (Å²) < 4.78 is 33.0. The van der Waals surface area contributed by atoms with Crippen LogP contribution in [0.1, 0.15) is 25.5 Å². The Balaban J connectivity index is 2.28. The summed E-state index contributed by atoms with van der Waals surface area (Å²) in [7, 11) is -2.38. The third-order valence-corrected chi connectivity index (χ3v) is 5.25. The van der Waals surface area contributed by atoms with Gasteiger partial charge in [-0.15, -0.1) is 0 Å². The fourth-order valence-electron chi connectivity index (χ4n) is 2.28. The number of carbonyl (C=O) groups excluding carboxylic acids is 1. The second-order valence-corrected chi connectivity index (χ2v) is 7.59. The minimum Gasteiger partial charge on any atom is -0.495 e. The maximum atomic E-state index is 12.6. The summed E-state index contributed by atoms with van der Waals surface area (Å²) in [6.45, 7) is 3.09. The highest BCUT2D eigenvalue weighted by Crippen LogP contribution is 2.28. The molecule has 2 rings (SSSR count). The molecule has 1 amide bonds. The SMILES string of the molecule is COc1cc(S(=O)(=O)N[C@@H](C)c2cccc(Cl)c2)ccc1NC(C)=O.